The van der Waals surface area contributed by atoms with Gasteiger partial charge in [0.1, 0.15) is 11.6 Å². The lowest BCUT2D eigenvalue weighted by Gasteiger charge is -2.20. The highest BCUT2D eigenvalue weighted by Crippen LogP contribution is 2.21. The molecule has 1 rings (SSSR count). The van der Waals surface area contributed by atoms with E-state index in [1.807, 2.05) is 13.8 Å². The third-order valence-corrected chi connectivity index (χ3v) is 2.78. The molecule has 1 N–H and O–H groups in total. The number of nitrogens with one attached hydrogen (secondary N) is 1. The molecule has 0 saturated heterocycles. The Hall–Kier alpha value is -1.00. The summed E-state index contributed by atoms with van der Waals surface area (Å²) >= 11 is 0. The molecule has 102 valence electrons. The van der Waals surface area contributed by atoms with E-state index in [-0.39, 0.29) is 6.04 Å². The smallest absolute Gasteiger partial charge is 0.131 e. The molecule has 0 aliphatic carbocycles. The molecule has 0 saturated carbocycles. The first-order chi connectivity index (χ1) is 8.60. The van der Waals surface area contributed by atoms with Gasteiger partial charge >= 0.3 is 0 Å². The van der Waals surface area contributed by atoms with Crippen molar-refractivity contribution in [1.29, 1.82) is 0 Å². The van der Waals surface area contributed by atoms with Crippen LogP contribution in [-0.4, -0.2) is 19.8 Å². The first-order valence-electron chi connectivity index (χ1n) is 6.36. The lowest BCUT2D eigenvalue weighted by Crippen LogP contribution is -2.27. The minimum atomic E-state index is -0.522. The normalized spacial score (nSPS) is 12.7. The Morgan fingerprint density at radius 2 is 1.94 bits per heavy atom. The van der Waals surface area contributed by atoms with Crippen LogP contribution >= 0.6 is 0 Å². The van der Waals surface area contributed by atoms with Crippen LogP contribution in [0.1, 0.15) is 37.4 Å². The van der Waals surface area contributed by atoms with Gasteiger partial charge in [-0.05, 0) is 38.4 Å². The zero-order valence-corrected chi connectivity index (χ0v) is 11.2. The SMILES string of the molecule is CCCNC(COCC)c1cc(C)c(F)cc1F. The van der Waals surface area contributed by atoms with Crippen LogP contribution in [0.3, 0.4) is 0 Å². The van der Waals surface area contributed by atoms with E-state index in [0.29, 0.717) is 24.3 Å². The predicted octanol–water partition coefficient (Wildman–Crippen LogP) is 3.35. The molecule has 1 unspecified atom stereocenters. The summed E-state index contributed by atoms with van der Waals surface area (Å²) in [4.78, 5) is 0. The van der Waals surface area contributed by atoms with Gasteiger partial charge in [0, 0.05) is 18.2 Å². The van der Waals surface area contributed by atoms with Crippen molar-refractivity contribution >= 4 is 0 Å². The van der Waals surface area contributed by atoms with Crippen LogP contribution in [0, 0.1) is 18.6 Å². The molecular weight excluding hydrogens is 236 g/mol. The Bertz CT molecular complexity index is 374. The minimum absolute atomic E-state index is 0.232. The summed E-state index contributed by atoms with van der Waals surface area (Å²) in [7, 11) is 0. The van der Waals surface area contributed by atoms with Crippen molar-refractivity contribution in [3.63, 3.8) is 0 Å². The molecule has 1 aromatic rings. The maximum absolute atomic E-state index is 13.8. The fraction of sp³-hybridized carbons (Fsp3) is 0.571. The Morgan fingerprint density at radius 3 is 2.56 bits per heavy atom. The maximum atomic E-state index is 13.8. The number of ether oxygens (including phenoxy) is 1. The van der Waals surface area contributed by atoms with Gasteiger partial charge in [0.05, 0.1) is 12.6 Å². The molecule has 0 spiro atoms. The molecule has 1 aromatic carbocycles. The standard InChI is InChI=1S/C14H21F2NO/c1-4-6-17-14(9-18-5-2)11-7-10(3)12(15)8-13(11)16/h7-8,14,17H,4-6,9H2,1-3H3. The van der Waals surface area contributed by atoms with Gasteiger partial charge in [-0.1, -0.05) is 6.92 Å². The van der Waals surface area contributed by atoms with Crippen LogP contribution in [0.5, 0.6) is 0 Å². The predicted molar refractivity (Wildman–Crippen MR) is 68.6 cm³/mol. The van der Waals surface area contributed by atoms with Gasteiger partial charge in [0.25, 0.3) is 0 Å². The fourth-order valence-electron chi connectivity index (χ4n) is 1.76. The van der Waals surface area contributed by atoms with Crippen LogP contribution in [-0.2, 0) is 4.74 Å². The lowest BCUT2D eigenvalue weighted by atomic mass is 10.0. The van der Waals surface area contributed by atoms with E-state index < -0.39 is 11.6 Å². The average Bonchev–Trinajstić information content (AvgIpc) is 2.35. The Morgan fingerprint density at radius 1 is 1.22 bits per heavy atom. The summed E-state index contributed by atoms with van der Waals surface area (Å²) in [5, 5.41) is 3.22. The Balaban J connectivity index is 2.92. The molecule has 0 aliphatic heterocycles. The van der Waals surface area contributed by atoms with Crippen molar-refractivity contribution < 1.29 is 13.5 Å². The van der Waals surface area contributed by atoms with Gasteiger partial charge in [-0.15, -0.1) is 0 Å². The second-order valence-electron chi connectivity index (χ2n) is 4.29. The monoisotopic (exact) mass is 257 g/mol. The Labute approximate surface area is 107 Å². The lowest BCUT2D eigenvalue weighted by molar-refractivity contribution is 0.122. The summed E-state index contributed by atoms with van der Waals surface area (Å²) in [6.07, 6.45) is 0.949. The van der Waals surface area contributed by atoms with Crippen molar-refractivity contribution in [2.45, 2.75) is 33.2 Å². The first-order valence-corrected chi connectivity index (χ1v) is 6.36. The second kappa shape index (κ2) is 7.44. The van der Waals surface area contributed by atoms with Crippen LogP contribution in [0.2, 0.25) is 0 Å². The highest BCUT2D eigenvalue weighted by molar-refractivity contribution is 5.28. The molecule has 1 atom stereocenters. The molecule has 0 aromatic heterocycles. The first kappa shape index (κ1) is 15.1. The third kappa shape index (κ3) is 4.03. The third-order valence-electron chi connectivity index (χ3n) is 2.78. The van der Waals surface area contributed by atoms with E-state index in [9.17, 15) is 8.78 Å². The molecule has 0 bridgehead atoms. The molecular formula is C14H21F2NO. The van der Waals surface area contributed by atoms with E-state index in [1.54, 1.807) is 13.0 Å². The highest BCUT2D eigenvalue weighted by atomic mass is 19.1. The molecule has 0 radical (unpaired) electrons. The summed E-state index contributed by atoms with van der Waals surface area (Å²) in [5.74, 6) is -1.03. The number of hydrogen-bond donors (Lipinski definition) is 1. The van der Waals surface area contributed by atoms with Crippen molar-refractivity contribution in [3.8, 4) is 0 Å². The molecule has 0 fully saturated rings. The number of aryl methyl sites for hydroxylation is 1. The summed E-state index contributed by atoms with van der Waals surface area (Å²) in [6, 6.07) is 2.26. The average molecular weight is 257 g/mol. The van der Waals surface area contributed by atoms with Crippen molar-refractivity contribution in [3.05, 3.63) is 34.9 Å². The molecule has 4 heteroatoms. The van der Waals surface area contributed by atoms with Gasteiger partial charge in [-0.3, -0.25) is 0 Å². The van der Waals surface area contributed by atoms with E-state index in [4.69, 9.17) is 4.74 Å². The van der Waals surface area contributed by atoms with Crippen molar-refractivity contribution in [2.75, 3.05) is 19.8 Å². The fourth-order valence-corrected chi connectivity index (χ4v) is 1.76. The van der Waals surface area contributed by atoms with E-state index in [0.717, 1.165) is 19.0 Å². The second-order valence-corrected chi connectivity index (χ2v) is 4.29. The van der Waals surface area contributed by atoms with Gasteiger partial charge in [-0.2, -0.15) is 0 Å². The number of rotatable bonds is 7. The van der Waals surface area contributed by atoms with Crippen molar-refractivity contribution in [2.24, 2.45) is 0 Å². The Kier molecular flexibility index (Phi) is 6.22. The summed E-state index contributed by atoms with van der Waals surface area (Å²) in [6.45, 7) is 7.30. The number of benzene rings is 1. The zero-order chi connectivity index (χ0) is 13.5. The van der Waals surface area contributed by atoms with Crippen LogP contribution in [0.15, 0.2) is 12.1 Å². The number of hydrogen-bond acceptors (Lipinski definition) is 2. The van der Waals surface area contributed by atoms with Crippen molar-refractivity contribution in [1.82, 2.24) is 5.32 Å². The molecule has 0 heterocycles. The highest BCUT2D eigenvalue weighted by Gasteiger charge is 2.17. The van der Waals surface area contributed by atoms with Gasteiger partial charge < -0.3 is 10.1 Å². The molecule has 0 aliphatic rings. The maximum Gasteiger partial charge on any atom is 0.131 e. The van der Waals surface area contributed by atoms with E-state index in [1.165, 1.54) is 0 Å². The quantitative estimate of drug-likeness (QED) is 0.808. The molecule has 0 amide bonds. The minimum Gasteiger partial charge on any atom is -0.380 e. The van der Waals surface area contributed by atoms with E-state index in [2.05, 4.69) is 5.32 Å². The van der Waals surface area contributed by atoms with Gasteiger partial charge in [-0.25, -0.2) is 8.78 Å². The topological polar surface area (TPSA) is 21.3 Å². The molecule has 18 heavy (non-hydrogen) atoms. The van der Waals surface area contributed by atoms with Crippen LogP contribution < -0.4 is 5.32 Å². The zero-order valence-electron chi connectivity index (χ0n) is 11.2. The van der Waals surface area contributed by atoms with Crippen LogP contribution in [0.4, 0.5) is 8.78 Å². The van der Waals surface area contributed by atoms with E-state index >= 15 is 0 Å². The number of halogens is 2. The van der Waals surface area contributed by atoms with Gasteiger partial charge in [0.15, 0.2) is 0 Å². The summed E-state index contributed by atoms with van der Waals surface area (Å²) in [5.41, 5.74) is 0.919. The van der Waals surface area contributed by atoms with Crippen LogP contribution in [0.25, 0.3) is 0 Å². The van der Waals surface area contributed by atoms with Gasteiger partial charge in [0.2, 0.25) is 0 Å². The molecule has 2 nitrogen and oxygen atoms in total. The largest absolute Gasteiger partial charge is 0.380 e. The summed E-state index contributed by atoms with van der Waals surface area (Å²) < 4.78 is 32.4.